The highest BCUT2D eigenvalue weighted by atomic mass is 19.4. The third kappa shape index (κ3) is 4.06. The van der Waals surface area contributed by atoms with Gasteiger partial charge in [-0.1, -0.05) is 29.8 Å². The highest BCUT2D eigenvalue weighted by Gasteiger charge is 2.30. The van der Waals surface area contributed by atoms with E-state index in [2.05, 4.69) is 26.1 Å². The number of piperidine rings is 1. The summed E-state index contributed by atoms with van der Waals surface area (Å²) in [5.41, 5.74) is 0.947. The molecule has 0 spiro atoms. The molecular weight excluding hydrogens is 369 g/mol. The van der Waals surface area contributed by atoms with Crippen molar-refractivity contribution >= 4 is 0 Å². The summed E-state index contributed by atoms with van der Waals surface area (Å²) < 4.78 is 43.5. The van der Waals surface area contributed by atoms with Gasteiger partial charge >= 0.3 is 6.18 Å². The lowest BCUT2D eigenvalue weighted by molar-refractivity contribution is -0.137. The minimum Gasteiger partial charge on any atom is -0.338 e. The summed E-state index contributed by atoms with van der Waals surface area (Å²) in [5, 5.41) is 3.94. The molecule has 0 saturated carbocycles. The van der Waals surface area contributed by atoms with Crippen LogP contribution in [0.25, 0.3) is 11.4 Å². The molecule has 3 aromatic rings. The molecule has 0 bridgehead atoms. The molecule has 1 atom stereocenters. The van der Waals surface area contributed by atoms with Crippen molar-refractivity contribution in [3.8, 4) is 11.4 Å². The SMILES string of the molecule is FC(F)(F)c1ccc(-c2noc(CN3CCCCC3c3cccnc3)n2)cc1. The lowest BCUT2D eigenvalue weighted by atomic mass is 9.96. The van der Waals surface area contributed by atoms with Crippen LogP contribution in [0.4, 0.5) is 13.2 Å². The molecule has 1 aromatic carbocycles. The topological polar surface area (TPSA) is 55.1 Å². The fraction of sp³-hybridized carbons (Fsp3) is 0.350. The molecule has 2 aromatic heterocycles. The molecule has 3 heterocycles. The maximum Gasteiger partial charge on any atom is 0.416 e. The van der Waals surface area contributed by atoms with Gasteiger partial charge in [0, 0.05) is 24.0 Å². The smallest absolute Gasteiger partial charge is 0.338 e. The first-order valence-corrected chi connectivity index (χ1v) is 9.15. The van der Waals surface area contributed by atoms with Crippen LogP contribution in [0.2, 0.25) is 0 Å². The van der Waals surface area contributed by atoms with E-state index in [-0.39, 0.29) is 6.04 Å². The van der Waals surface area contributed by atoms with Crippen LogP contribution in [-0.2, 0) is 12.7 Å². The van der Waals surface area contributed by atoms with Gasteiger partial charge in [0.1, 0.15) is 0 Å². The number of hydrogen-bond acceptors (Lipinski definition) is 5. The van der Waals surface area contributed by atoms with Gasteiger partial charge in [-0.15, -0.1) is 0 Å². The van der Waals surface area contributed by atoms with Crippen LogP contribution in [0, 0.1) is 0 Å². The molecule has 28 heavy (non-hydrogen) atoms. The fourth-order valence-electron chi connectivity index (χ4n) is 3.55. The van der Waals surface area contributed by atoms with Gasteiger partial charge in [0.25, 0.3) is 0 Å². The Hall–Kier alpha value is -2.74. The number of benzene rings is 1. The number of rotatable bonds is 4. The Balaban J connectivity index is 1.49. The van der Waals surface area contributed by atoms with E-state index in [1.807, 2.05) is 12.3 Å². The van der Waals surface area contributed by atoms with Gasteiger partial charge in [0.2, 0.25) is 11.7 Å². The number of nitrogens with zero attached hydrogens (tertiary/aromatic N) is 4. The monoisotopic (exact) mass is 388 g/mol. The van der Waals surface area contributed by atoms with Crippen molar-refractivity contribution in [3.63, 3.8) is 0 Å². The van der Waals surface area contributed by atoms with Gasteiger partial charge in [-0.2, -0.15) is 18.2 Å². The Labute approximate surface area is 160 Å². The normalized spacial score (nSPS) is 18.3. The zero-order valence-corrected chi connectivity index (χ0v) is 15.1. The third-order valence-corrected chi connectivity index (χ3v) is 4.96. The summed E-state index contributed by atoms with van der Waals surface area (Å²) in [7, 11) is 0. The maximum absolute atomic E-state index is 12.7. The summed E-state index contributed by atoms with van der Waals surface area (Å²) in [6, 6.07) is 9.00. The van der Waals surface area contributed by atoms with Crippen molar-refractivity contribution < 1.29 is 17.7 Å². The highest BCUT2D eigenvalue weighted by molar-refractivity contribution is 5.54. The second-order valence-corrected chi connectivity index (χ2v) is 6.86. The molecule has 0 radical (unpaired) electrons. The van der Waals surface area contributed by atoms with Crippen molar-refractivity contribution in [1.82, 2.24) is 20.0 Å². The van der Waals surface area contributed by atoms with Crippen molar-refractivity contribution in [1.29, 1.82) is 0 Å². The van der Waals surface area contributed by atoms with Gasteiger partial charge < -0.3 is 4.52 Å². The van der Waals surface area contributed by atoms with Crippen LogP contribution in [0.5, 0.6) is 0 Å². The Bertz CT molecular complexity index is 909. The summed E-state index contributed by atoms with van der Waals surface area (Å²) in [6.45, 7) is 1.41. The first-order chi connectivity index (χ1) is 13.5. The summed E-state index contributed by atoms with van der Waals surface area (Å²) in [4.78, 5) is 10.9. The van der Waals surface area contributed by atoms with Gasteiger partial charge in [0.05, 0.1) is 12.1 Å². The van der Waals surface area contributed by atoms with Gasteiger partial charge in [-0.3, -0.25) is 9.88 Å². The quantitative estimate of drug-likeness (QED) is 0.638. The van der Waals surface area contributed by atoms with Crippen LogP contribution in [0.15, 0.2) is 53.3 Å². The standard InChI is InChI=1S/C20H19F3N4O/c21-20(22,23)16-8-6-14(7-9-16)19-25-18(28-26-19)13-27-11-2-1-5-17(27)15-4-3-10-24-12-15/h3-4,6-10,12,17H,1-2,5,11,13H2. The minimum absolute atomic E-state index is 0.240. The van der Waals surface area contributed by atoms with E-state index in [4.69, 9.17) is 4.52 Å². The minimum atomic E-state index is -4.36. The maximum atomic E-state index is 12.7. The molecule has 1 aliphatic heterocycles. The van der Waals surface area contributed by atoms with E-state index in [0.717, 1.165) is 43.5 Å². The zero-order valence-electron chi connectivity index (χ0n) is 15.1. The van der Waals surface area contributed by atoms with E-state index in [1.54, 1.807) is 6.20 Å². The predicted octanol–water partition coefficient (Wildman–Crippen LogP) is 4.88. The van der Waals surface area contributed by atoms with Crippen LogP contribution < -0.4 is 0 Å². The molecule has 0 aliphatic carbocycles. The lowest BCUT2D eigenvalue weighted by Crippen LogP contribution is -2.33. The number of aromatic nitrogens is 3. The summed E-state index contributed by atoms with van der Waals surface area (Å²) in [6.07, 6.45) is 2.55. The molecule has 4 rings (SSSR count). The second kappa shape index (κ2) is 7.71. The number of likely N-dealkylation sites (tertiary alicyclic amines) is 1. The number of hydrogen-bond donors (Lipinski definition) is 0. The average molecular weight is 388 g/mol. The van der Waals surface area contributed by atoms with E-state index >= 15 is 0 Å². The van der Waals surface area contributed by atoms with Crippen LogP contribution in [-0.4, -0.2) is 26.6 Å². The number of pyridine rings is 1. The zero-order chi connectivity index (χ0) is 19.6. The Kier molecular flexibility index (Phi) is 5.13. The van der Waals surface area contributed by atoms with Crippen LogP contribution in [0.1, 0.15) is 42.3 Å². The third-order valence-electron chi connectivity index (χ3n) is 4.96. The van der Waals surface area contributed by atoms with E-state index in [9.17, 15) is 13.2 Å². The predicted molar refractivity (Wildman–Crippen MR) is 96.0 cm³/mol. The van der Waals surface area contributed by atoms with Crippen molar-refractivity contribution in [2.75, 3.05) is 6.54 Å². The Morgan fingerprint density at radius 1 is 1.11 bits per heavy atom. The van der Waals surface area contributed by atoms with Gasteiger partial charge in [-0.05, 0) is 43.1 Å². The average Bonchev–Trinajstić information content (AvgIpc) is 3.17. The molecule has 5 nitrogen and oxygen atoms in total. The number of alkyl halides is 3. The van der Waals surface area contributed by atoms with E-state index in [1.165, 1.54) is 12.1 Å². The van der Waals surface area contributed by atoms with Crippen LogP contribution >= 0.6 is 0 Å². The van der Waals surface area contributed by atoms with E-state index in [0.29, 0.717) is 23.8 Å². The largest absolute Gasteiger partial charge is 0.416 e. The van der Waals surface area contributed by atoms with Gasteiger partial charge in [0.15, 0.2) is 0 Å². The Morgan fingerprint density at radius 3 is 2.64 bits per heavy atom. The first-order valence-electron chi connectivity index (χ1n) is 9.15. The summed E-state index contributed by atoms with van der Waals surface area (Å²) >= 11 is 0. The molecular formula is C20H19F3N4O. The Morgan fingerprint density at radius 2 is 1.93 bits per heavy atom. The van der Waals surface area contributed by atoms with Gasteiger partial charge in [-0.25, -0.2) is 0 Å². The fourth-order valence-corrected chi connectivity index (χ4v) is 3.55. The second-order valence-electron chi connectivity index (χ2n) is 6.86. The molecule has 146 valence electrons. The molecule has 1 aliphatic rings. The molecule has 1 fully saturated rings. The first kappa shape index (κ1) is 18.6. The summed E-state index contributed by atoms with van der Waals surface area (Å²) in [5.74, 6) is 0.740. The molecule has 0 N–H and O–H groups in total. The molecule has 0 amide bonds. The van der Waals surface area contributed by atoms with Crippen molar-refractivity contribution in [2.24, 2.45) is 0 Å². The lowest BCUT2D eigenvalue weighted by Gasteiger charge is -2.34. The molecule has 1 unspecified atom stereocenters. The highest BCUT2D eigenvalue weighted by Crippen LogP contribution is 2.32. The van der Waals surface area contributed by atoms with Crippen molar-refractivity contribution in [3.05, 3.63) is 65.8 Å². The molecule has 1 saturated heterocycles. The van der Waals surface area contributed by atoms with E-state index < -0.39 is 11.7 Å². The van der Waals surface area contributed by atoms with Crippen molar-refractivity contribution in [2.45, 2.75) is 38.0 Å². The number of halogens is 3. The molecule has 8 heteroatoms. The van der Waals surface area contributed by atoms with Crippen LogP contribution in [0.3, 0.4) is 0 Å².